The number of ether oxygens (including phenoxy) is 1. The first-order valence-corrected chi connectivity index (χ1v) is 9.14. The maximum atomic E-state index is 12.3. The van der Waals surface area contributed by atoms with Gasteiger partial charge in [0.1, 0.15) is 16.9 Å². The molecule has 28 heavy (non-hydrogen) atoms. The molecular weight excluding hydrogens is 358 g/mol. The highest BCUT2D eigenvalue weighted by molar-refractivity contribution is 5.95. The van der Waals surface area contributed by atoms with Gasteiger partial charge in [0.15, 0.2) is 0 Å². The molecule has 0 amide bonds. The van der Waals surface area contributed by atoms with Crippen LogP contribution in [0.4, 0.5) is 5.69 Å². The van der Waals surface area contributed by atoms with Crippen molar-refractivity contribution in [1.82, 2.24) is 0 Å². The first-order chi connectivity index (χ1) is 13.5. The van der Waals surface area contributed by atoms with E-state index < -0.39 is 11.6 Å². The molecule has 0 aliphatic carbocycles. The number of hydrogen-bond acceptors (Lipinski definition) is 6. The molecule has 3 rings (SSSR count). The molecule has 0 bridgehead atoms. The quantitative estimate of drug-likeness (QED) is 0.390. The number of para-hydroxylation sites is 1. The van der Waals surface area contributed by atoms with Crippen LogP contribution in [0.25, 0.3) is 11.0 Å². The van der Waals surface area contributed by atoms with E-state index in [2.05, 4.69) is 4.99 Å². The Morgan fingerprint density at radius 3 is 2.61 bits per heavy atom. The van der Waals surface area contributed by atoms with Crippen molar-refractivity contribution in [2.75, 3.05) is 6.61 Å². The third-order valence-corrected chi connectivity index (χ3v) is 4.29. The van der Waals surface area contributed by atoms with Crippen molar-refractivity contribution >= 4 is 28.8 Å². The average Bonchev–Trinajstić information content (AvgIpc) is 2.72. The summed E-state index contributed by atoms with van der Waals surface area (Å²) in [7, 11) is 0. The summed E-state index contributed by atoms with van der Waals surface area (Å²) in [5, 5.41) is 11.0. The second-order valence-electron chi connectivity index (χ2n) is 6.24. The zero-order valence-electron chi connectivity index (χ0n) is 15.8. The highest BCUT2D eigenvalue weighted by Gasteiger charge is 2.14. The van der Waals surface area contributed by atoms with Crippen molar-refractivity contribution in [3.05, 3.63) is 69.6 Å². The SMILES string of the molecule is CCCOC(=O)c1ccc(N=Cc2c(O)c3cccc(CC)c3oc2=O)cc1. The van der Waals surface area contributed by atoms with Crippen molar-refractivity contribution < 1.29 is 19.1 Å². The summed E-state index contributed by atoms with van der Waals surface area (Å²) in [6.07, 6.45) is 2.70. The molecule has 0 aliphatic rings. The van der Waals surface area contributed by atoms with Crippen LogP contribution in [0.5, 0.6) is 5.75 Å². The Kier molecular flexibility index (Phi) is 5.89. The lowest BCUT2D eigenvalue weighted by molar-refractivity contribution is 0.0505. The Labute approximate surface area is 162 Å². The Balaban J connectivity index is 1.89. The molecule has 1 N–H and O–H groups in total. The van der Waals surface area contributed by atoms with Gasteiger partial charge in [0, 0.05) is 6.21 Å². The molecule has 0 aliphatic heterocycles. The monoisotopic (exact) mass is 379 g/mol. The standard InChI is InChI=1S/C22H21NO5/c1-3-12-27-21(25)15-8-10-16(11-9-15)23-13-18-19(24)17-7-5-6-14(4-2)20(17)28-22(18)26/h5-11,13,24H,3-4,12H2,1-2H3. The molecule has 0 radical (unpaired) electrons. The number of rotatable bonds is 6. The number of fused-ring (bicyclic) bond motifs is 1. The highest BCUT2D eigenvalue weighted by Crippen LogP contribution is 2.28. The molecule has 0 saturated heterocycles. The number of hydrogen-bond donors (Lipinski definition) is 1. The molecule has 2 aromatic carbocycles. The van der Waals surface area contributed by atoms with E-state index in [0.717, 1.165) is 12.0 Å². The fourth-order valence-electron chi connectivity index (χ4n) is 2.77. The minimum Gasteiger partial charge on any atom is -0.506 e. The fraction of sp³-hybridized carbons (Fsp3) is 0.227. The van der Waals surface area contributed by atoms with Crippen LogP contribution in [-0.4, -0.2) is 23.9 Å². The summed E-state index contributed by atoms with van der Waals surface area (Å²) in [5.41, 5.74) is 1.50. The molecular formula is C22H21NO5. The van der Waals surface area contributed by atoms with Crippen LogP contribution in [0.2, 0.25) is 0 Å². The maximum Gasteiger partial charge on any atom is 0.348 e. The molecule has 6 heteroatoms. The first-order valence-electron chi connectivity index (χ1n) is 9.14. The zero-order chi connectivity index (χ0) is 20.1. The highest BCUT2D eigenvalue weighted by atomic mass is 16.5. The average molecular weight is 379 g/mol. The van der Waals surface area contributed by atoms with Gasteiger partial charge in [0.25, 0.3) is 0 Å². The van der Waals surface area contributed by atoms with Crippen LogP contribution in [0.15, 0.2) is 56.7 Å². The van der Waals surface area contributed by atoms with E-state index in [9.17, 15) is 14.7 Å². The van der Waals surface area contributed by atoms with Gasteiger partial charge in [-0.1, -0.05) is 26.0 Å². The van der Waals surface area contributed by atoms with Crippen molar-refractivity contribution in [1.29, 1.82) is 0 Å². The van der Waals surface area contributed by atoms with Crippen LogP contribution < -0.4 is 5.63 Å². The van der Waals surface area contributed by atoms with Crippen LogP contribution in [0.1, 0.15) is 41.8 Å². The maximum absolute atomic E-state index is 12.3. The molecule has 1 heterocycles. The van der Waals surface area contributed by atoms with E-state index in [4.69, 9.17) is 9.15 Å². The Morgan fingerprint density at radius 2 is 1.93 bits per heavy atom. The summed E-state index contributed by atoms with van der Waals surface area (Å²) in [6.45, 7) is 4.24. The van der Waals surface area contributed by atoms with E-state index in [-0.39, 0.29) is 11.3 Å². The van der Waals surface area contributed by atoms with Crippen molar-refractivity contribution in [2.24, 2.45) is 4.99 Å². The van der Waals surface area contributed by atoms with Gasteiger partial charge in [-0.05, 0) is 48.7 Å². The second kappa shape index (κ2) is 8.52. The minimum absolute atomic E-state index is 0.0211. The summed E-state index contributed by atoms with van der Waals surface area (Å²) < 4.78 is 10.5. The van der Waals surface area contributed by atoms with Gasteiger partial charge in [-0.25, -0.2) is 9.59 Å². The van der Waals surface area contributed by atoms with Crippen LogP contribution in [0, 0.1) is 0 Å². The Bertz CT molecular complexity index is 1080. The number of aliphatic imine (C=N–C) groups is 1. The number of nitrogens with zero attached hydrogens (tertiary/aromatic N) is 1. The minimum atomic E-state index is -0.658. The van der Waals surface area contributed by atoms with Gasteiger partial charge in [0.2, 0.25) is 0 Å². The summed E-state index contributed by atoms with van der Waals surface area (Å²) >= 11 is 0. The topological polar surface area (TPSA) is 89.1 Å². The normalized spacial score (nSPS) is 11.2. The molecule has 0 saturated carbocycles. The van der Waals surface area contributed by atoms with Gasteiger partial charge in [-0.3, -0.25) is 4.99 Å². The van der Waals surface area contributed by atoms with E-state index in [1.54, 1.807) is 36.4 Å². The summed E-state index contributed by atoms with van der Waals surface area (Å²) in [6, 6.07) is 11.8. The molecule has 0 spiro atoms. The van der Waals surface area contributed by atoms with Gasteiger partial charge in [-0.2, -0.15) is 0 Å². The summed E-state index contributed by atoms with van der Waals surface area (Å²) in [4.78, 5) is 28.3. The number of esters is 1. The number of aryl methyl sites for hydroxylation is 1. The Morgan fingerprint density at radius 1 is 1.18 bits per heavy atom. The van der Waals surface area contributed by atoms with E-state index in [1.165, 1.54) is 6.21 Å². The van der Waals surface area contributed by atoms with Crippen molar-refractivity contribution in [3.8, 4) is 5.75 Å². The van der Waals surface area contributed by atoms with Gasteiger partial charge in [-0.15, -0.1) is 0 Å². The molecule has 144 valence electrons. The molecule has 1 aromatic heterocycles. The third kappa shape index (κ3) is 3.96. The predicted octanol–water partition coefficient (Wildman–Crippen LogP) is 4.38. The Hall–Kier alpha value is -3.41. The summed E-state index contributed by atoms with van der Waals surface area (Å²) in [5.74, 6) is -0.554. The van der Waals surface area contributed by atoms with E-state index in [1.807, 2.05) is 19.9 Å². The lowest BCUT2D eigenvalue weighted by Gasteiger charge is -2.06. The van der Waals surface area contributed by atoms with Crippen LogP contribution in [0.3, 0.4) is 0 Å². The number of carbonyl (C=O) groups excluding carboxylic acids is 1. The third-order valence-electron chi connectivity index (χ3n) is 4.29. The number of benzene rings is 2. The van der Waals surface area contributed by atoms with Gasteiger partial charge in [0.05, 0.1) is 23.2 Å². The molecule has 6 nitrogen and oxygen atoms in total. The van der Waals surface area contributed by atoms with Crippen LogP contribution >= 0.6 is 0 Å². The van der Waals surface area contributed by atoms with Crippen molar-refractivity contribution in [3.63, 3.8) is 0 Å². The van der Waals surface area contributed by atoms with Gasteiger partial charge >= 0.3 is 11.6 Å². The molecule has 0 unspecified atom stereocenters. The van der Waals surface area contributed by atoms with Crippen molar-refractivity contribution in [2.45, 2.75) is 26.7 Å². The van der Waals surface area contributed by atoms with Crippen LogP contribution in [-0.2, 0) is 11.2 Å². The smallest absolute Gasteiger partial charge is 0.348 e. The first kappa shape index (κ1) is 19.4. The largest absolute Gasteiger partial charge is 0.506 e. The zero-order valence-corrected chi connectivity index (χ0v) is 15.8. The molecule has 3 aromatic rings. The predicted molar refractivity (Wildman–Crippen MR) is 108 cm³/mol. The molecule has 0 fully saturated rings. The van der Waals surface area contributed by atoms with E-state index in [0.29, 0.717) is 35.2 Å². The number of aromatic hydroxyl groups is 1. The lowest BCUT2D eigenvalue weighted by Crippen LogP contribution is -2.07. The second-order valence-corrected chi connectivity index (χ2v) is 6.24. The van der Waals surface area contributed by atoms with E-state index >= 15 is 0 Å². The lowest BCUT2D eigenvalue weighted by atomic mass is 10.1. The fourth-order valence-corrected chi connectivity index (χ4v) is 2.77. The number of carbonyl (C=O) groups is 1. The molecule has 0 atom stereocenters. The van der Waals surface area contributed by atoms with Gasteiger partial charge < -0.3 is 14.3 Å².